The molecule has 0 aliphatic heterocycles. The maximum atomic E-state index is 12.9. The Morgan fingerprint density at radius 3 is 3.00 bits per heavy atom. The number of fused-ring (bicyclic) bond motifs is 3. The second-order valence-electron chi connectivity index (χ2n) is 7.03. The number of ether oxygens (including phenoxy) is 1. The third-order valence-corrected chi connectivity index (χ3v) is 6.18. The van der Waals surface area contributed by atoms with Gasteiger partial charge in [0.1, 0.15) is 11.4 Å². The van der Waals surface area contributed by atoms with E-state index in [4.69, 9.17) is 4.74 Å². The SMILES string of the molecule is Cc1cccc(COC(=O)CCn2cnc3sc4c(c3c2=O)CCCC4)c1. The molecule has 0 atom stereocenters. The minimum Gasteiger partial charge on any atom is -0.461 e. The zero-order valence-corrected chi connectivity index (χ0v) is 16.2. The average molecular weight is 382 g/mol. The molecule has 1 aliphatic carbocycles. The molecule has 5 nitrogen and oxygen atoms in total. The van der Waals surface area contributed by atoms with Crippen LogP contribution in [-0.4, -0.2) is 15.5 Å². The molecule has 0 N–H and O–H groups in total. The van der Waals surface area contributed by atoms with E-state index in [1.54, 1.807) is 17.7 Å². The van der Waals surface area contributed by atoms with E-state index in [9.17, 15) is 9.59 Å². The van der Waals surface area contributed by atoms with Gasteiger partial charge in [-0.05, 0) is 43.7 Å². The summed E-state index contributed by atoms with van der Waals surface area (Å²) in [4.78, 5) is 31.5. The van der Waals surface area contributed by atoms with E-state index in [0.29, 0.717) is 6.54 Å². The zero-order chi connectivity index (χ0) is 18.8. The van der Waals surface area contributed by atoms with Crippen molar-refractivity contribution in [1.29, 1.82) is 0 Å². The molecule has 0 unspecified atom stereocenters. The van der Waals surface area contributed by atoms with Gasteiger partial charge in [0.2, 0.25) is 0 Å². The number of thiophene rings is 1. The summed E-state index contributed by atoms with van der Waals surface area (Å²) in [7, 11) is 0. The lowest BCUT2D eigenvalue weighted by atomic mass is 9.97. The van der Waals surface area contributed by atoms with Crippen LogP contribution in [0.3, 0.4) is 0 Å². The number of nitrogens with zero attached hydrogens (tertiary/aromatic N) is 2. The number of hydrogen-bond donors (Lipinski definition) is 0. The van der Waals surface area contributed by atoms with Gasteiger partial charge in [-0.25, -0.2) is 4.98 Å². The number of carbonyl (C=O) groups excluding carboxylic acids is 1. The molecule has 1 aromatic carbocycles. The minimum absolute atomic E-state index is 0.0362. The number of aromatic nitrogens is 2. The molecule has 3 aromatic rings. The highest BCUT2D eigenvalue weighted by molar-refractivity contribution is 7.18. The Morgan fingerprint density at radius 2 is 2.15 bits per heavy atom. The van der Waals surface area contributed by atoms with Crippen LogP contribution < -0.4 is 5.56 Å². The fourth-order valence-corrected chi connectivity index (χ4v) is 4.81. The minimum atomic E-state index is -0.309. The molecule has 27 heavy (non-hydrogen) atoms. The van der Waals surface area contributed by atoms with Crippen molar-refractivity contribution in [2.45, 2.75) is 52.2 Å². The molecule has 2 heterocycles. The summed E-state index contributed by atoms with van der Waals surface area (Å²) >= 11 is 1.64. The number of benzene rings is 1. The van der Waals surface area contributed by atoms with Gasteiger partial charge < -0.3 is 4.74 Å². The molecule has 0 amide bonds. The van der Waals surface area contributed by atoms with Gasteiger partial charge in [-0.1, -0.05) is 29.8 Å². The monoisotopic (exact) mass is 382 g/mol. The highest BCUT2D eigenvalue weighted by Gasteiger charge is 2.20. The van der Waals surface area contributed by atoms with Crippen LogP contribution in [-0.2, 0) is 35.5 Å². The van der Waals surface area contributed by atoms with Crippen molar-refractivity contribution in [1.82, 2.24) is 9.55 Å². The standard InChI is InChI=1S/C21H22N2O3S/c1-14-5-4-6-15(11-14)12-26-18(24)9-10-23-13-22-20-19(21(23)25)16-7-2-3-8-17(16)27-20/h4-6,11,13H,2-3,7-10,12H2,1H3. The van der Waals surface area contributed by atoms with Crippen LogP contribution in [0.2, 0.25) is 0 Å². The molecule has 0 saturated heterocycles. The van der Waals surface area contributed by atoms with Crippen LogP contribution >= 0.6 is 11.3 Å². The lowest BCUT2D eigenvalue weighted by molar-refractivity contribution is -0.145. The number of carbonyl (C=O) groups is 1. The average Bonchev–Trinajstić information content (AvgIpc) is 3.05. The van der Waals surface area contributed by atoms with Crippen molar-refractivity contribution in [2.24, 2.45) is 0 Å². The van der Waals surface area contributed by atoms with Gasteiger partial charge >= 0.3 is 5.97 Å². The molecule has 0 radical (unpaired) electrons. The van der Waals surface area contributed by atoms with Crippen molar-refractivity contribution in [3.05, 3.63) is 62.5 Å². The largest absolute Gasteiger partial charge is 0.461 e. The summed E-state index contributed by atoms with van der Waals surface area (Å²) in [5.41, 5.74) is 3.24. The van der Waals surface area contributed by atoms with E-state index >= 15 is 0 Å². The fraction of sp³-hybridized carbons (Fsp3) is 0.381. The Kier molecular flexibility index (Phi) is 5.07. The molecular formula is C21H22N2O3S. The van der Waals surface area contributed by atoms with Gasteiger partial charge in [0.15, 0.2) is 0 Å². The first-order valence-electron chi connectivity index (χ1n) is 9.32. The molecule has 2 aromatic heterocycles. The number of hydrogen-bond acceptors (Lipinski definition) is 5. The van der Waals surface area contributed by atoms with Crippen LogP contribution in [0.25, 0.3) is 10.2 Å². The van der Waals surface area contributed by atoms with Gasteiger partial charge in [-0.15, -0.1) is 11.3 Å². The second-order valence-corrected chi connectivity index (χ2v) is 8.12. The Labute approximate surface area is 161 Å². The molecular weight excluding hydrogens is 360 g/mol. The Balaban J connectivity index is 1.43. The van der Waals surface area contributed by atoms with E-state index in [1.807, 2.05) is 31.2 Å². The lowest BCUT2D eigenvalue weighted by Gasteiger charge is -2.10. The number of aryl methyl sites for hydroxylation is 4. The summed E-state index contributed by atoms with van der Waals surface area (Å²) < 4.78 is 6.87. The molecule has 0 saturated carbocycles. The van der Waals surface area contributed by atoms with Crippen LogP contribution in [0, 0.1) is 6.92 Å². The maximum absolute atomic E-state index is 12.9. The molecule has 0 spiro atoms. The first-order chi connectivity index (χ1) is 13.1. The molecule has 0 fully saturated rings. The Hall–Kier alpha value is -2.47. The van der Waals surface area contributed by atoms with E-state index < -0.39 is 0 Å². The van der Waals surface area contributed by atoms with E-state index in [0.717, 1.165) is 40.6 Å². The van der Waals surface area contributed by atoms with Crippen molar-refractivity contribution >= 4 is 27.5 Å². The highest BCUT2D eigenvalue weighted by Crippen LogP contribution is 2.33. The summed E-state index contributed by atoms with van der Waals surface area (Å²) in [6.07, 6.45) is 6.01. The Bertz CT molecular complexity index is 1050. The zero-order valence-electron chi connectivity index (χ0n) is 15.4. The van der Waals surface area contributed by atoms with E-state index in [-0.39, 0.29) is 24.6 Å². The predicted octanol–water partition coefficient (Wildman–Crippen LogP) is 3.78. The van der Waals surface area contributed by atoms with E-state index in [1.165, 1.54) is 21.4 Å². The quantitative estimate of drug-likeness (QED) is 0.630. The highest BCUT2D eigenvalue weighted by atomic mass is 32.1. The van der Waals surface area contributed by atoms with E-state index in [2.05, 4.69) is 4.98 Å². The first kappa shape index (κ1) is 17.9. The fourth-order valence-electron chi connectivity index (χ4n) is 3.59. The summed E-state index contributed by atoms with van der Waals surface area (Å²) in [6.45, 7) is 2.55. The van der Waals surface area contributed by atoms with Gasteiger partial charge in [-0.2, -0.15) is 0 Å². The first-order valence-corrected chi connectivity index (χ1v) is 10.1. The Morgan fingerprint density at radius 1 is 1.30 bits per heavy atom. The third-order valence-electron chi connectivity index (χ3n) is 4.98. The molecule has 0 bridgehead atoms. The molecule has 6 heteroatoms. The van der Waals surface area contributed by atoms with Crippen LogP contribution in [0.15, 0.2) is 35.4 Å². The van der Waals surface area contributed by atoms with Gasteiger partial charge in [0.05, 0.1) is 18.1 Å². The van der Waals surface area contributed by atoms with Crippen LogP contribution in [0.1, 0.15) is 40.8 Å². The summed E-state index contributed by atoms with van der Waals surface area (Å²) in [5, 5.41) is 0.755. The maximum Gasteiger partial charge on any atom is 0.307 e. The van der Waals surface area contributed by atoms with Gasteiger partial charge in [0, 0.05) is 11.4 Å². The molecule has 1 aliphatic rings. The second kappa shape index (κ2) is 7.64. The molecule has 4 rings (SSSR count). The van der Waals surface area contributed by atoms with Crippen molar-refractivity contribution in [3.63, 3.8) is 0 Å². The number of esters is 1. The van der Waals surface area contributed by atoms with Crippen molar-refractivity contribution in [3.8, 4) is 0 Å². The van der Waals surface area contributed by atoms with Crippen LogP contribution in [0.4, 0.5) is 0 Å². The van der Waals surface area contributed by atoms with Crippen molar-refractivity contribution in [2.75, 3.05) is 0 Å². The topological polar surface area (TPSA) is 61.2 Å². The number of rotatable bonds is 5. The van der Waals surface area contributed by atoms with Crippen molar-refractivity contribution < 1.29 is 9.53 Å². The molecule has 140 valence electrons. The summed E-state index contributed by atoms with van der Waals surface area (Å²) in [5.74, 6) is -0.309. The van der Waals surface area contributed by atoms with Crippen LogP contribution in [0.5, 0.6) is 0 Å². The lowest BCUT2D eigenvalue weighted by Crippen LogP contribution is -2.23. The normalized spacial score (nSPS) is 13.5. The smallest absolute Gasteiger partial charge is 0.307 e. The third kappa shape index (κ3) is 3.81. The predicted molar refractivity (Wildman–Crippen MR) is 106 cm³/mol. The van der Waals surface area contributed by atoms with Gasteiger partial charge in [-0.3, -0.25) is 14.2 Å². The summed E-state index contributed by atoms with van der Waals surface area (Å²) in [6, 6.07) is 7.88. The van der Waals surface area contributed by atoms with Gasteiger partial charge in [0.25, 0.3) is 5.56 Å².